The van der Waals surface area contributed by atoms with Crippen molar-refractivity contribution in [1.29, 1.82) is 5.26 Å². The Morgan fingerprint density at radius 1 is 1.32 bits per heavy atom. The summed E-state index contributed by atoms with van der Waals surface area (Å²) >= 11 is 0. The number of carbonyl (C=O) groups excluding carboxylic acids is 1. The number of nitrogens with one attached hydrogen (secondary N) is 1. The van der Waals surface area contributed by atoms with Crippen LogP contribution in [0.4, 0.5) is 0 Å². The molecule has 2 rings (SSSR count). The van der Waals surface area contributed by atoms with Gasteiger partial charge < -0.3 is 4.57 Å². The molecule has 1 amide bonds. The average Bonchev–Trinajstić information content (AvgIpc) is 2.88. The van der Waals surface area contributed by atoms with E-state index in [9.17, 15) is 4.79 Å². The van der Waals surface area contributed by atoms with Crippen LogP contribution in [-0.4, -0.2) is 16.7 Å². The van der Waals surface area contributed by atoms with Gasteiger partial charge in [-0.15, -0.1) is 0 Å². The van der Waals surface area contributed by atoms with E-state index in [-0.39, 0.29) is 6.42 Å². The summed E-state index contributed by atoms with van der Waals surface area (Å²) in [5, 5.41) is 12.2. The number of carbonyl (C=O) groups is 1. The Hall–Kier alpha value is -2.87. The van der Waals surface area contributed by atoms with Crippen LogP contribution in [-0.2, 0) is 4.79 Å². The van der Waals surface area contributed by atoms with Crippen molar-refractivity contribution in [3.05, 3.63) is 54.4 Å². The highest BCUT2D eigenvalue weighted by atomic mass is 16.2. The summed E-state index contributed by atoms with van der Waals surface area (Å²) in [6.07, 6.45) is 3.26. The quantitative estimate of drug-likeness (QED) is 0.666. The minimum atomic E-state index is -0.420. The van der Waals surface area contributed by atoms with Gasteiger partial charge in [0.25, 0.3) is 5.91 Å². The largest absolute Gasteiger partial charge is 0.316 e. The predicted molar refractivity (Wildman–Crippen MR) is 71.7 cm³/mol. The minimum absolute atomic E-state index is 0.197. The topological polar surface area (TPSA) is 70.2 Å². The van der Waals surface area contributed by atoms with Crippen molar-refractivity contribution in [2.75, 3.05) is 0 Å². The average molecular weight is 252 g/mol. The third-order valence-corrected chi connectivity index (χ3v) is 2.44. The zero-order valence-electron chi connectivity index (χ0n) is 10.2. The highest BCUT2D eigenvalue weighted by Crippen LogP contribution is 2.10. The zero-order valence-corrected chi connectivity index (χ0v) is 10.2. The van der Waals surface area contributed by atoms with Gasteiger partial charge >= 0.3 is 0 Å². The van der Waals surface area contributed by atoms with Crippen molar-refractivity contribution in [3.8, 4) is 11.8 Å². The first-order valence-corrected chi connectivity index (χ1v) is 5.73. The van der Waals surface area contributed by atoms with Gasteiger partial charge in [0.2, 0.25) is 0 Å². The molecular formula is C14H12N4O. The van der Waals surface area contributed by atoms with Gasteiger partial charge in [-0.2, -0.15) is 10.4 Å². The van der Waals surface area contributed by atoms with Crippen molar-refractivity contribution in [1.82, 2.24) is 9.99 Å². The monoisotopic (exact) mass is 252 g/mol. The fraction of sp³-hybridized carbons (Fsp3) is 0.0714. The summed E-state index contributed by atoms with van der Waals surface area (Å²) in [5.41, 5.74) is 4.14. The van der Waals surface area contributed by atoms with E-state index in [0.717, 1.165) is 11.4 Å². The van der Waals surface area contributed by atoms with Crippen LogP contribution >= 0.6 is 0 Å². The Morgan fingerprint density at radius 3 is 2.84 bits per heavy atom. The number of benzene rings is 1. The second kappa shape index (κ2) is 6.17. The Labute approximate surface area is 110 Å². The molecule has 0 fully saturated rings. The number of rotatable bonds is 4. The lowest BCUT2D eigenvalue weighted by molar-refractivity contribution is -0.120. The second-order valence-corrected chi connectivity index (χ2v) is 3.77. The van der Waals surface area contributed by atoms with Crippen molar-refractivity contribution < 1.29 is 4.79 Å². The molecular weight excluding hydrogens is 240 g/mol. The SMILES string of the molecule is N#CCC(=O)NN=Cc1cccn1-c1ccccc1. The first-order valence-electron chi connectivity index (χ1n) is 5.73. The first-order chi connectivity index (χ1) is 9.31. The number of hydrazone groups is 1. The van der Waals surface area contributed by atoms with Crippen LogP contribution in [0.1, 0.15) is 12.1 Å². The maximum Gasteiger partial charge on any atom is 0.254 e. The molecule has 2 aromatic rings. The molecule has 0 radical (unpaired) electrons. The van der Waals surface area contributed by atoms with Gasteiger partial charge in [0.1, 0.15) is 6.42 Å². The highest BCUT2D eigenvalue weighted by Gasteiger charge is 2.00. The van der Waals surface area contributed by atoms with Crippen LogP contribution in [0.2, 0.25) is 0 Å². The lowest BCUT2D eigenvalue weighted by Crippen LogP contribution is -2.16. The Morgan fingerprint density at radius 2 is 2.11 bits per heavy atom. The van der Waals surface area contributed by atoms with E-state index in [2.05, 4.69) is 10.5 Å². The van der Waals surface area contributed by atoms with E-state index in [1.54, 1.807) is 12.3 Å². The zero-order chi connectivity index (χ0) is 13.5. The Balaban J connectivity index is 2.11. The number of nitrogens with zero attached hydrogens (tertiary/aromatic N) is 3. The smallest absolute Gasteiger partial charge is 0.254 e. The van der Waals surface area contributed by atoms with E-state index in [1.165, 1.54) is 0 Å². The van der Waals surface area contributed by atoms with Crippen molar-refractivity contribution in [2.24, 2.45) is 5.10 Å². The molecule has 94 valence electrons. The fourth-order valence-electron chi connectivity index (χ4n) is 1.60. The molecule has 0 aliphatic rings. The van der Waals surface area contributed by atoms with Crippen molar-refractivity contribution in [2.45, 2.75) is 6.42 Å². The van der Waals surface area contributed by atoms with Crippen LogP contribution in [0.5, 0.6) is 0 Å². The van der Waals surface area contributed by atoms with Crippen LogP contribution < -0.4 is 5.43 Å². The van der Waals surface area contributed by atoms with Gasteiger partial charge in [0.05, 0.1) is 18.0 Å². The normalized spacial score (nSPS) is 10.3. The molecule has 0 bridgehead atoms. The molecule has 0 saturated carbocycles. The second-order valence-electron chi connectivity index (χ2n) is 3.77. The lowest BCUT2D eigenvalue weighted by Gasteiger charge is -2.05. The number of hydrogen-bond donors (Lipinski definition) is 1. The van der Waals surface area contributed by atoms with Gasteiger partial charge in [-0.3, -0.25) is 4.79 Å². The van der Waals surface area contributed by atoms with Gasteiger partial charge in [-0.25, -0.2) is 5.43 Å². The third kappa shape index (κ3) is 3.30. The molecule has 1 heterocycles. The number of aromatic nitrogens is 1. The minimum Gasteiger partial charge on any atom is -0.316 e. The molecule has 19 heavy (non-hydrogen) atoms. The van der Waals surface area contributed by atoms with Crippen LogP contribution in [0.25, 0.3) is 5.69 Å². The third-order valence-electron chi connectivity index (χ3n) is 2.44. The lowest BCUT2D eigenvalue weighted by atomic mass is 10.3. The first kappa shape index (κ1) is 12.6. The summed E-state index contributed by atoms with van der Waals surface area (Å²) in [5.74, 6) is -0.420. The summed E-state index contributed by atoms with van der Waals surface area (Å²) in [6.45, 7) is 0. The van der Waals surface area contributed by atoms with E-state index in [4.69, 9.17) is 5.26 Å². The van der Waals surface area contributed by atoms with Crippen LogP contribution in [0, 0.1) is 11.3 Å². The number of para-hydroxylation sites is 1. The van der Waals surface area contributed by atoms with Crippen LogP contribution in [0.3, 0.4) is 0 Å². The van der Waals surface area contributed by atoms with E-state index in [1.807, 2.05) is 53.2 Å². The summed E-state index contributed by atoms with van der Waals surface area (Å²) < 4.78 is 1.94. The van der Waals surface area contributed by atoms with Crippen molar-refractivity contribution >= 4 is 12.1 Å². The van der Waals surface area contributed by atoms with Gasteiger partial charge in [0, 0.05) is 11.9 Å². The summed E-state index contributed by atoms with van der Waals surface area (Å²) in [4.78, 5) is 11.1. The fourth-order valence-corrected chi connectivity index (χ4v) is 1.60. The maximum absolute atomic E-state index is 11.1. The molecule has 0 aliphatic carbocycles. The molecule has 0 unspecified atom stereocenters. The maximum atomic E-state index is 11.1. The molecule has 0 aliphatic heterocycles. The van der Waals surface area contributed by atoms with Gasteiger partial charge in [-0.05, 0) is 24.3 Å². The predicted octanol–water partition coefficient (Wildman–Crippen LogP) is 1.84. The summed E-state index contributed by atoms with van der Waals surface area (Å²) in [7, 11) is 0. The standard InChI is InChI=1S/C14H12N4O/c15-9-8-14(19)17-16-11-13-7-4-10-18(13)12-5-2-1-3-6-12/h1-7,10-11H,8H2,(H,17,19). The molecule has 5 nitrogen and oxygen atoms in total. The van der Waals surface area contributed by atoms with E-state index in [0.29, 0.717) is 0 Å². The molecule has 0 saturated heterocycles. The van der Waals surface area contributed by atoms with Gasteiger partial charge in [-0.1, -0.05) is 18.2 Å². The molecule has 1 aromatic carbocycles. The number of amides is 1. The molecule has 1 aromatic heterocycles. The molecule has 5 heteroatoms. The van der Waals surface area contributed by atoms with E-state index >= 15 is 0 Å². The summed E-state index contributed by atoms with van der Waals surface area (Å²) in [6, 6.07) is 15.3. The van der Waals surface area contributed by atoms with Crippen LogP contribution in [0.15, 0.2) is 53.8 Å². The molecule has 0 spiro atoms. The Bertz CT molecular complexity index is 622. The van der Waals surface area contributed by atoms with Crippen molar-refractivity contribution in [3.63, 3.8) is 0 Å². The van der Waals surface area contributed by atoms with Gasteiger partial charge in [0.15, 0.2) is 0 Å². The highest BCUT2D eigenvalue weighted by molar-refractivity contribution is 5.82. The molecule has 1 N–H and O–H groups in total. The Kier molecular flexibility index (Phi) is 4.09. The van der Waals surface area contributed by atoms with E-state index < -0.39 is 5.91 Å². The number of nitriles is 1. The molecule has 0 atom stereocenters. The number of hydrogen-bond acceptors (Lipinski definition) is 3.